The highest BCUT2D eigenvalue weighted by atomic mass is 16.4. The number of hydrogen-bond donors (Lipinski definition) is 2. The molecule has 0 saturated heterocycles. The molecule has 2 N–H and O–H groups in total. The Balaban J connectivity index is 1.64. The van der Waals surface area contributed by atoms with Gasteiger partial charge in [0.2, 0.25) is 0 Å². The number of anilines is 1. The number of aliphatic carboxylic acids is 1. The summed E-state index contributed by atoms with van der Waals surface area (Å²) in [4.78, 5) is 11.1. The molecule has 1 aliphatic rings. The van der Waals surface area contributed by atoms with E-state index in [1.54, 1.807) is 11.0 Å². The normalized spacial score (nSPS) is 21.9. The van der Waals surface area contributed by atoms with Crippen molar-refractivity contribution in [3.8, 4) is 5.69 Å². The minimum atomic E-state index is -0.685. The van der Waals surface area contributed by atoms with Crippen LogP contribution in [0.3, 0.4) is 0 Å². The highest BCUT2D eigenvalue weighted by molar-refractivity contribution is 5.70. The van der Waals surface area contributed by atoms with Crippen LogP contribution in [0, 0.1) is 5.92 Å². The number of aromatic nitrogens is 4. The molecule has 0 spiro atoms. The van der Waals surface area contributed by atoms with Crippen LogP contribution < -0.4 is 5.32 Å². The SMILES string of the molecule is O=C(O)C1CCCC(Nc2ccc(-n3cnnn3)cc2)C1. The maximum absolute atomic E-state index is 11.1. The predicted molar refractivity (Wildman–Crippen MR) is 76.2 cm³/mol. The summed E-state index contributed by atoms with van der Waals surface area (Å²) in [6, 6.07) is 7.99. The largest absolute Gasteiger partial charge is 0.481 e. The predicted octanol–water partition coefficient (Wildman–Crippen LogP) is 1.72. The van der Waals surface area contributed by atoms with Gasteiger partial charge in [0, 0.05) is 11.7 Å². The Labute approximate surface area is 122 Å². The van der Waals surface area contributed by atoms with E-state index in [-0.39, 0.29) is 12.0 Å². The Hall–Kier alpha value is -2.44. The van der Waals surface area contributed by atoms with Gasteiger partial charge in [0.15, 0.2) is 0 Å². The molecule has 1 aliphatic carbocycles. The lowest BCUT2D eigenvalue weighted by Gasteiger charge is -2.28. The zero-order chi connectivity index (χ0) is 14.7. The second-order valence-electron chi connectivity index (χ2n) is 5.34. The zero-order valence-electron chi connectivity index (χ0n) is 11.5. The van der Waals surface area contributed by atoms with Gasteiger partial charge >= 0.3 is 5.97 Å². The smallest absolute Gasteiger partial charge is 0.306 e. The maximum atomic E-state index is 11.1. The Bertz CT molecular complexity index is 596. The Morgan fingerprint density at radius 3 is 2.76 bits per heavy atom. The molecule has 1 fully saturated rings. The van der Waals surface area contributed by atoms with E-state index in [4.69, 9.17) is 5.11 Å². The van der Waals surface area contributed by atoms with Gasteiger partial charge < -0.3 is 10.4 Å². The van der Waals surface area contributed by atoms with Crippen molar-refractivity contribution in [1.29, 1.82) is 0 Å². The average Bonchev–Trinajstić information content (AvgIpc) is 3.02. The summed E-state index contributed by atoms with van der Waals surface area (Å²) in [5, 5.41) is 23.6. The molecule has 1 aromatic heterocycles. The third-order valence-electron chi connectivity index (χ3n) is 3.88. The molecule has 1 heterocycles. The van der Waals surface area contributed by atoms with Crippen LogP contribution in [-0.2, 0) is 4.79 Å². The molecule has 0 radical (unpaired) electrons. The molecule has 0 amide bonds. The van der Waals surface area contributed by atoms with Gasteiger partial charge in [-0.3, -0.25) is 4.79 Å². The lowest BCUT2D eigenvalue weighted by Crippen LogP contribution is -2.30. The summed E-state index contributed by atoms with van der Waals surface area (Å²) in [7, 11) is 0. The number of carboxylic acids is 1. The number of nitrogens with one attached hydrogen (secondary N) is 1. The quantitative estimate of drug-likeness (QED) is 0.889. The Kier molecular flexibility index (Phi) is 3.81. The van der Waals surface area contributed by atoms with Gasteiger partial charge in [-0.15, -0.1) is 5.10 Å². The lowest BCUT2D eigenvalue weighted by atomic mass is 9.85. The number of hydrogen-bond acceptors (Lipinski definition) is 5. The van der Waals surface area contributed by atoms with E-state index in [1.165, 1.54) is 0 Å². The molecule has 2 atom stereocenters. The minimum Gasteiger partial charge on any atom is -0.481 e. The van der Waals surface area contributed by atoms with E-state index >= 15 is 0 Å². The summed E-state index contributed by atoms with van der Waals surface area (Å²) < 4.78 is 1.59. The average molecular weight is 287 g/mol. The first kappa shape index (κ1) is 13.5. The summed E-state index contributed by atoms with van der Waals surface area (Å²) in [6.07, 6.45) is 4.98. The summed E-state index contributed by atoms with van der Waals surface area (Å²) in [6.45, 7) is 0. The lowest BCUT2D eigenvalue weighted by molar-refractivity contribution is -0.142. The minimum absolute atomic E-state index is 0.221. The van der Waals surface area contributed by atoms with E-state index in [0.29, 0.717) is 6.42 Å². The molecule has 1 saturated carbocycles. The Morgan fingerprint density at radius 1 is 1.29 bits per heavy atom. The van der Waals surface area contributed by atoms with Crippen LogP contribution in [0.25, 0.3) is 5.69 Å². The molecule has 3 rings (SSSR count). The Morgan fingerprint density at radius 2 is 2.10 bits per heavy atom. The highest BCUT2D eigenvalue weighted by Crippen LogP contribution is 2.27. The second-order valence-corrected chi connectivity index (χ2v) is 5.34. The summed E-state index contributed by atoms with van der Waals surface area (Å²) in [5.41, 5.74) is 1.88. The van der Waals surface area contributed by atoms with Crippen molar-refractivity contribution in [2.24, 2.45) is 5.92 Å². The van der Waals surface area contributed by atoms with E-state index in [0.717, 1.165) is 30.6 Å². The molecular weight excluding hydrogens is 270 g/mol. The fourth-order valence-electron chi connectivity index (χ4n) is 2.77. The monoisotopic (exact) mass is 287 g/mol. The van der Waals surface area contributed by atoms with Crippen LogP contribution in [0.4, 0.5) is 5.69 Å². The fraction of sp³-hybridized carbons (Fsp3) is 0.429. The first-order valence-electron chi connectivity index (χ1n) is 7.05. The van der Waals surface area contributed by atoms with E-state index in [1.807, 2.05) is 24.3 Å². The summed E-state index contributed by atoms with van der Waals surface area (Å²) in [5.74, 6) is -0.910. The van der Waals surface area contributed by atoms with Gasteiger partial charge in [0.25, 0.3) is 0 Å². The number of carbonyl (C=O) groups is 1. The van der Waals surface area contributed by atoms with Crippen molar-refractivity contribution >= 4 is 11.7 Å². The van der Waals surface area contributed by atoms with Crippen LogP contribution in [0.1, 0.15) is 25.7 Å². The van der Waals surface area contributed by atoms with Crippen LogP contribution in [0.5, 0.6) is 0 Å². The van der Waals surface area contributed by atoms with E-state index < -0.39 is 5.97 Å². The van der Waals surface area contributed by atoms with Gasteiger partial charge in [0.1, 0.15) is 6.33 Å². The molecule has 1 aromatic carbocycles. The van der Waals surface area contributed by atoms with Gasteiger partial charge in [-0.25, -0.2) is 4.68 Å². The van der Waals surface area contributed by atoms with Crippen molar-refractivity contribution in [2.45, 2.75) is 31.7 Å². The zero-order valence-corrected chi connectivity index (χ0v) is 11.5. The van der Waals surface area contributed by atoms with Gasteiger partial charge in [-0.05, 0) is 54.0 Å². The molecule has 0 bridgehead atoms. The van der Waals surface area contributed by atoms with Gasteiger partial charge in [-0.2, -0.15) is 0 Å². The topological polar surface area (TPSA) is 92.9 Å². The highest BCUT2D eigenvalue weighted by Gasteiger charge is 2.26. The van der Waals surface area contributed by atoms with Crippen molar-refractivity contribution in [3.05, 3.63) is 30.6 Å². The first-order chi connectivity index (χ1) is 10.2. The number of tetrazole rings is 1. The third-order valence-corrected chi connectivity index (χ3v) is 3.88. The maximum Gasteiger partial charge on any atom is 0.306 e. The third kappa shape index (κ3) is 3.18. The van der Waals surface area contributed by atoms with Crippen LogP contribution >= 0.6 is 0 Å². The molecule has 7 heteroatoms. The van der Waals surface area contributed by atoms with Crippen molar-refractivity contribution < 1.29 is 9.90 Å². The van der Waals surface area contributed by atoms with Gasteiger partial charge in [0.05, 0.1) is 11.6 Å². The van der Waals surface area contributed by atoms with Crippen molar-refractivity contribution in [1.82, 2.24) is 20.2 Å². The van der Waals surface area contributed by atoms with Crippen LogP contribution in [-0.4, -0.2) is 37.3 Å². The standard InChI is InChI=1S/C14H17N5O2/c20-14(21)10-2-1-3-12(8-10)16-11-4-6-13(7-5-11)19-9-15-17-18-19/h4-7,9-10,12,16H,1-3,8H2,(H,20,21). The van der Waals surface area contributed by atoms with Crippen molar-refractivity contribution in [3.63, 3.8) is 0 Å². The molecular formula is C14H17N5O2. The number of carboxylic acid groups (broad SMARTS) is 1. The van der Waals surface area contributed by atoms with Crippen molar-refractivity contribution in [2.75, 3.05) is 5.32 Å². The molecule has 0 aliphatic heterocycles. The number of benzene rings is 1. The number of rotatable bonds is 4. The number of nitrogens with zero attached hydrogens (tertiary/aromatic N) is 4. The molecule has 21 heavy (non-hydrogen) atoms. The van der Waals surface area contributed by atoms with Crippen LogP contribution in [0.2, 0.25) is 0 Å². The second kappa shape index (κ2) is 5.90. The van der Waals surface area contributed by atoms with E-state index in [2.05, 4.69) is 20.8 Å². The van der Waals surface area contributed by atoms with Crippen LogP contribution in [0.15, 0.2) is 30.6 Å². The summed E-state index contributed by atoms with van der Waals surface area (Å²) >= 11 is 0. The fourth-order valence-corrected chi connectivity index (χ4v) is 2.77. The molecule has 2 unspecified atom stereocenters. The molecule has 2 aromatic rings. The molecule has 110 valence electrons. The first-order valence-corrected chi connectivity index (χ1v) is 7.05. The molecule has 7 nitrogen and oxygen atoms in total. The van der Waals surface area contributed by atoms with E-state index in [9.17, 15) is 4.79 Å². The van der Waals surface area contributed by atoms with Gasteiger partial charge in [-0.1, -0.05) is 6.42 Å².